The number of piperazine rings is 1. The second-order valence-electron chi connectivity index (χ2n) is 3.64. The molecule has 1 saturated heterocycles. The van der Waals surface area contributed by atoms with Gasteiger partial charge in [0.05, 0.1) is 6.07 Å². The highest BCUT2D eigenvalue weighted by Gasteiger charge is 2.23. The minimum absolute atomic E-state index is 0.161. The first-order valence-corrected chi connectivity index (χ1v) is 5.95. The number of nitrogens with zero attached hydrogens (tertiary/aromatic N) is 3. The Labute approximate surface area is 93.5 Å². The molecule has 1 unspecified atom stereocenters. The van der Waals surface area contributed by atoms with Crippen LogP contribution in [0.4, 0.5) is 0 Å². The van der Waals surface area contributed by atoms with E-state index in [1.165, 1.54) is 0 Å². The summed E-state index contributed by atoms with van der Waals surface area (Å²) >= 11 is 1.58. The van der Waals surface area contributed by atoms with Gasteiger partial charge in [-0.3, -0.25) is 4.90 Å². The zero-order valence-corrected chi connectivity index (χ0v) is 9.55. The Kier molecular flexibility index (Phi) is 3.31. The summed E-state index contributed by atoms with van der Waals surface area (Å²) in [6.07, 6.45) is 0. The molecule has 0 amide bonds. The second-order valence-corrected chi connectivity index (χ2v) is 4.53. The van der Waals surface area contributed by atoms with Gasteiger partial charge < -0.3 is 5.32 Å². The molecule has 0 radical (unpaired) electrons. The fraction of sp³-hybridized carbons (Fsp3) is 0.600. The van der Waals surface area contributed by atoms with Gasteiger partial charge in [-0.25, -0.2) is 4.98 Å². The quantitative estimate of drug-likeness (QED) is 0.808. The lowest BCUT2D eigenvalue weighted by molar-refractivity contribution is 0.207. The largest absolute Gasteiger partial charge is 0.314 e. The Balaban J connectivity index is 2.13. The van der Waals surface area contributed by atoms with Gasteiger partial charge in [-0.2, -0.15) is 5.26 Å². The number of nitrogens with one attached hydrogen (secondary N) is 1. The summed E-state index contributed by atoms with van der Waals surface area (Å²) in [4.78, 5) is 6.58. The van der Waals surface area contributed by atoms with E-state index in [1.807, 2.05) is 12.3 Å². The van der Waals surface area contributed by atoms with Gasteiger partial charge in [-0.15, -0.1) is 11.3 Å². The lowest BCUT2D eigenvalue weighted by Crippen LogP contribution is -2.44. The maximum atomic E-state index is 9.20. The molecule has 0 aliphatic carbocycles. The Morgan fingerprint density at radius 3 is 2.87 bits per heavy atom. The molecular weight excluding hydrogens is 208 g/mol. The van der Waals surface area contributed by atoms with Crippen LogP contribution in [0.2, 0.25) is 0 Å². The van der Waals surface area contributed by atoms with Crippen molar-refractivity contribution in [2.45, 2.75) is 13.0 Å². The maximum Gasteiger partial charge on any atom is 0.150 e. The SMILES string of the molecule is Cc1csc(C(C#N)N2CCNCC2)n1. The summed E-state index contributed by atoms with van der Waals surface area (Å²) < 4.78 is 0. The summed E-state index contributed by atoms with van der Waals surface area (Å²) in [6, 6.07) is 2.19. The highest BCUT2D eigenvalue weighted by Crippen LogP contribution is 2.23. The van der Waals surface area contributed by atoms with Gasteiger partial charge in [0.1, 0.15) is 5.01 Å². The van der Waals surface area contributed by atoms with Gasteiger partial charge in [0, 0.05) is 37.3 Å². The van der Waals surface area contributed by atoms with Crippen LogP contribution in [0.1, 0.15) is 16.7 Å². The Bertz CT molecular complexity index is 362. The molecule has 2 rings (SSSR count). The topological polar surface area (TPSA) is 52.0 Å². The molecule has 0 saturated carbocycles. The maximum absolute atomic E-state index is 9.20. The number of aromatic nitrogens is 1. The van der Waals surface area contributed by atoms with Gasteiger partial charge in [0.25, 0.3) is 0 Å². The third-order valence-electron chi connectivity index (χ3n) is 2.51. The number of thiazole rings is 1. The van der Waals surface area contributed by atoms with Crippen molar-refractivity contribution in [3.8, 4) is 6.07 Å². The van der Waals surface area contributed by atoms with Crippen LogP contribution in [0.3, 0.4) is 0 Å². The average molecular weight is 222 g/mol. The Morgan fingerprint density at radius 2 is 2.33 bits per heavy atom. The van der Waals surface area contributed by atoms with E-state index in [9.17, 15) is 5.26 Å². The van der Waals surface area contributed by atoms with Crippen molar-refractivity contribution < 1.29 is 0 Å². The molecule has 1 aromatic heterocycles. The summed E-state index contributed by atoms with van der Waals surface area (Å²) in [5.41, 5.74) is 1.00. The molecule has 0 spiro atoms. The second kappa shape index (κ2) is 4.71. The summed E-state index contributed by atoms with van der Waals surface area (Å²) in [5.74, 6) is 0. The third kappa shape index (κ3) is 2.34. The average Bonchev–Trinajstić information content (AvgIpc) is 2.68. The van der Waals surface area contributed by atoms with E-state index in [2.05, 4.69) is 21.3 Å². The Hall–Kier alpha value is -0.960. The molecule has 1 aliphatic heterocycles. The molecule has 15 heavy (non-hydrogen) atoms. The van der Waals surface area contributed by atoms with Crippen molar-refractivity contribution >= 4 is 11.3 Å². The van der Waals surface area contributed by atoms with E-state index in [0.29, 0.717) is 0 Å². The van der Waals surface area contributed by atoms with Gasteiger partial charge in [0.2, 0.25) is 0 Å². The Morgan fingerprint density at radius 1 is 1.60 bits per heavy atom. The minimum atomic E-state index is -0.161. The number of rotatable bonds is 2. The van der Waals surface area contributed by atoms with E-state index in [0.717, 1.165) is 36.9 Å². The smallest absolute Gasteiger partial charge is 0.150 e. The van der Waals surface area contributed by atoms with Crippen molar-refractivity contribution in [3.05, 3.63) is 16.1 Å². The number of aryl methyl sites for hydroxylation is 1. The number of hydrogen-bond acceptors (Lipinski definition) is 5. The molecule has 1 fully saturated rings. The van der Waals surface area contributed by atoms with Crippen LogP contribution in [0.25, 0.3) is 0 Å². The molecule has 5 heteroatoms. The van der Waals surface area contributed by atoms with Gasteiger partial charge in [0.15, 0.2) is 6.04 Å². The fourth-order valence-corrected chi connectivity index (χ4v) is 2.60. The van der Waals surface area contributed by atoms with Crippen LogP contribution in [0.15, 0.2) is 5.38 Å². The normalized spacial score (nSPS) is 19.7. The van der Waals surface area contributed by atoms with Gasteiger partial charge >= 0.3 is 0 Å². The molecule has 1 N–H and O–H groups in total. The molecule has 1 aromatic rings. The summed E-state index contributed by atoms with van der Waals surface area (Å²) in [7, 11) is 0. The predicted molar refractivity (Wildman–Crippen MR) is 59.6 cm³/mol. The van der Waals surface area contributed by atoms with E-state index < -0.39 is 0 Å². The van der Waals surface area contributed by atoms with Crippen LogP contribution in [0, 0.1) is 18.3 Å². The van der Waals surface area contributed by atoms with Crippen molar-refractivity contribution in [2.75, 3.05) is 26.2 Å². The molecule has 2 heterocycles. The van der Waals surface area contributed by atoms with Crippen molar-refractivity contribution in [2.24, 2.45) is 0 Å². The monoisotopic (exact) mass is 222 g/mol. The van der Waals surface area contributed by atoms with Crippen LogP contribution >= 0.6 is 11.3 Å². The first-order chi connectivity index (χ1) is 7.31. The zero-order chi connectivity index (χ0) is 10.7. The first-order valence-electron chi connectivity index (χ1n) is 5.07. The van der Waals surface area contributed by atoms with E-state index >= 15 is 0 Å². The molecule has 0 bridgehead atoms. The van der Waals surface area contributed by atoms with Crippen LogP contribution in [-0.2, 0) is 0 Å². The molecule has 4 nitrogen and oxygen atoms in total. The first kappa shape index (κ1) is 10.6. The lowest BCUT2D eigenvalue weighted by Gasteiger charge is -2.29. The molecule has 80 valence electrons. The summed E-state index contributed by atoms with van der Waals surface area (Å²) in [6.45, 7) is 5.74. The molecule has 1 aliphatic rings. The van der Waals surface area contributed by atoms with Crippen LogP contribution in [-0.4, -0.2) is 36.1 Å². The summed E-state index contributed by atoms with van der Waals surface area (Å²) in [5, 5.41) is 15.4. The van der Waals surface area contributed by atoms with Crippen molar-refractivity contribution in [3.63, 3.8) is 0 Å². The fourth-order valence-electron chi connectivity index (χ4n) is 1.73. The van der Waals surface area contributed by atoms with E-state index in [-0.39, 0.29) is 6.04 Å². The highest BCUT2D eigenvalue weighted by atomic mass is 32.1. The zero-order valence-electron chi connectivity index (χ0n) is 8.73. The molecule has 0 aromatic carbocycles. The standard InChI is InChI=1S/C10H14N4S/c1-8-7-15-10(13-8)9(6-11)14-4-2-12-3-5-14/h7,9,12H,2-5H2,1H3. The van der Waals surface area contributed by atoms with Crippen LogP contribution in [0.5, 0.6) is 0 Å². The van der Waals surface area contributed by atoms with E-state index in [4.69, 9.17) is 0 Å². The molecule has 1 atom stereocenters. The number of hydrogen-bond donors (Lipinski definition) is 1. The third-order valence-corrected chi connectivity index (χ3v) is 3.52. The number of nitriles is 1. The van der Waals surface area contributed by atoms with E-state index in [1.54, 1.807) is 11.3 Å². The van der Waals surface area contributed by atoms with Crippen molar-refractivity contribution in [1.29, 1.82) is 5.26 Å². The minimum Gasteiger partial charge on any atom is -0.314 e. The lowest BCUT2D eigenvalue weighted by atomic mass is 10.2. The van der Waals surface area contributed by atoms with Crippen molar-refractivity contribution in [1.82, 2.24) is 15.2 Å². The van der Waals surface area contributed by atoms with Crippen LogP contribution < -0.4 is 5.32 Å². The van der Waals surface area contributed by atoms with Gasteiger partial charge in [-0.05, 0) is 6.92 Å². The predicted octanol–water partition coefficient (Wildman–Crippen LogP) is 0.921. The molecular formula is C10H14N4S. The van der Waals surface area contributed by atoms with Gasteiger partial charge in [-0.1, -0.05) is 0 Å². The highest BCUT2D eigenvalue weighted by molar-refractivity contribution is 7.09.